The van der Waals surface area contributed by atoms with E-state index in [0.717, 1.165) is 6.42 Å². The van der Waals surface area contributed by atoms with Gasteiger partial charge >= 0.3 is 0 Å². The lowest BCUT2D eigenvalue weighted by molar-refractivity contribution is 1.19. The van der Waals surface area contributed by atoms with Crippen LogP contribution in [0.1, 0.15) is 21.6 Å². The summed E-state index contributed by atoms with van der Waals surface area (Å²) < 4.78 is 0. The Morgan fingerprint density at radius 1 is 1.14 bits per heavy atom. The third-order valence-electron chi connectivity index (χ3n) is 2.14. The Balaban J connectivity index is 2.25. The summed E-state index contributed by atoms with van der Waals surface area (Å²) in [5.41, 5.74) is 5.94. The number of rotatable bonds is 2. The fraction of sp³-hybridized carbons (Fsp3) is 0.250. The number of benzene rings is 1. The first kappa shape index (κ1) is 9.41. The Bertz CT molecular complexity index is 398. The molecular weight excluding hydrogens is 190 g/mol. The van der Waals surface area contributed by atoms with Crippen molar-refractivity contribution in [3.05, 3.63) is 51.5 Å². The zero-order chi connectivity index (χ0) is 9.97. The largest absolute Gasteiger partial charge is 0.253 e. The second-order valence-electron chi connectivity index (χ2n) is 3.64. The summed E-state index contributed by atoms with van der Waals surface area (Å²) in [7, 11) is 0. The molecule has 0 bridgehead atoms. The monoisotopic (exact) mass is 203 g/mol. The van der Waals surface area contributed by atoms with Gasteiger partial charge in [0.1, 0.15) is 0 Å². The Hall–Kier alpha value is -1.15. The van der Waals surface area contributed by atoms with Crippen molar-refractivity contribution < 1.29 is 0 Å². The Labute approximate surface area is 88.4 Å². The van der Waals surface area contributed by atoms with Crippen LogP contribution in [0.25, 0.3) is 0 Å². The quantitative estimate of drug-likeness (QED) is 0.729. The summed E-state index contributed by atoms with van der Waals surface area (Å²) in [6.45, 7) is 4.28. The van der Waals surface area contributed by atoms with Crippen LogP contribution in [0.2, 0.25) is 0 Å². The van der Waals surface area contributed by atoms with E-state index in [2.05, 4.69) is 37.0 Å². The van der Waals surface area contributed by atoms with Gasteiger partial charge in [0.2, 0.25) is 0 Å². The van der Waals surface area contributed by atoms with Crippen LogP contribution in [-0.2, 0) is 6.42 Å². The lowest BCUT2D eigenvalue weighted by Gasteiger charge is -2.02. The fourth-order valence-corrected chi connectivity index (χ4v) is 2.33. The van der Waals surface area contributed by atoms with E-state index >= 15 is 0 Å². The second-order valence-corrected chi connectivity index (χ2v) is 4.61. The van der Waals surface area contributed by atoms with Gasteiger partial charge in [-0.1, -0.05) is 29.3 Å². The summed E-state index contributed by atoms with van der Waals surface area (Å²) in [6.07, 6.45) is 2.95. The second kappa shape index (κ2) is 3.93. The summed E-state index contributed by atoms with van der Waals surface area (Å²) in [6, 6.07) is 6.69. The van der Waals surface area contributed by atoms with Gasteiger partial charge in [-0.3, -0.25) is 4.98 Å². The van der Waals surface area contributed by atoms with Gasteiger partial charge in [0.25, 0.3) is 0 Å². The Morgan fingerprint density at radius 3 is 2.43 bits per heavy atom. The lowest BCUT2D eigenvalue weighted by atomic mass is 10.0. The van der Waals surface area contributed by atoms with Crippen LogP contribution in [0, 0.1) is 13.8 Å². The minimum absolute atomic E-state index is 1.01. The molecule has 2 rings (SSSR count). The summed E-state index contributed by atoms with van der Waals surface area (Å²) >= 11 is 1.72. The highest BCUT2D eigenvalue weighted by Gasteiger charge is 1.99. The van der Waals surface area contributed by atoms with E-state index in [0.29, 0.717) is 0 Å². The first-order valence-corrected chi connectivity index (χ1v) is 5.56. The smallest absolute Gasteiger partial charge is 0.0794 e. The number of nitrogens with zero attached hydrogens (tertiary/aromatic N) is 1. The van der Waals surface area contributed by atoms with Crippen LogP contribution in [-0.4, -0.2) is 4.98 Å². The molecule has 14 heavy (non-hydrogen) atoms. The molecule has 1 aromatic carbocycles. The van der Waals surface area contributed by atoms with Crippen molar-refractivity contribution >= 4 is 11.3 Å². The molecule has 0 aliphatic heterocycles. The third kappa shape index (κ3) is 2.20. The van der Waals surface area contributed by atoms with Gasteiger partial charge in [-0.15, -0.1) is 11.3 Å². The number of hydrogen-bond donors (Lipinski definition) is 0. The van der Waals surface area contributed by atoms with Crippen LogP contribution >= 0.6 is 11.3 Å². The Morgan fingerprint density at radius 2 is 1.86 bits per heavy atom. The lowest BCUT2D eigenvalue weighted by Crippen LogP contribution is -1.87. The first-order chi connectivity index (χ1) is 6.74. The van der Waals surface area contributed by atoms with Crippen molar-refractivity contribution in [1.29, 1.82) is 0 Å². The normalized spacial score (nSPS) is 10.4. The molecule has 0 atom stereocenters. The molecule has 1 heterocycles. The van der Waals surface area contributed by atoms with Gasteiger partial charge in [0.15, 0.2) is 0 Å². The maximum Gasteiger partial charge on any atom is 0.0794 e. The number of aromatic nitrogens is 1. The molecule has 0 unspecified atom stereocenters. The molecule has 0 radical (unpaired) electrons. The zero-order valence-electron chi connectivity index (χ0n) is 8.45. The topological polar surface area (TPSA) is 12.9 Å². The maximum absolute atomic E-state index is 4.08. The van der Waals surface area contributed by atoms with E-state index in [9.17, 15) is 0 Å². The number of thiazole rings is 1. The summed E-state index contributed by atoms with van der Waals surface area (Å²) in [5, 5.41) is 0. The molecular formula is C12H13NS. The zero-order valence-corrected chi connectivity index (χ0v) is 9.27. The molecule has 0 N–H and O–H groups in total. The van der Waals surface area contributed by atoms with Gasteiger partial charge in [-0.05, 0) is 19.4 Å². The van der Waals surface area contributed by atoms with Crippen LogP contribution in [0.5, 0.6) is 0 Å². The average molecular weight is 203 g/mol. The summed E-state index contributed by atoms with van der Waals surface area (Å²) in [4.78, 5) is 5.41. The van der Waals surface area contributed by atoms with Crippen LogP contribution < -0.4 is 0 Å². The highest BCUT2D eigenvalue weighted by atomic mass is 32.1. The van der Waals surface area contributed by atoms with Crippen LogP contribution in [0.3, 0.4) is 0 Å². The first-order valence-electron chi connectivity index (χ1n) is 4.68. The maximum atomic E-state index is 4.08. The van der Waals surface area contributed by atoms with Crippen LogP contribution in [0.15, 0.2) is 29.9 Å². The predicted molar refractivity (Wildman–Crippen MR) is 60.8 cm³/mol. The molecule has 2 heteroatoms. The minimum Gasteiger partial charge on any atom is -0.253 e. The van der Waals surface area contributed by atoms with E-state index in [-0.39, 0.29) is 0 Å². The SMILES string of the molecule is Cc1cc(C)cc(Cc2cncs2)c1. The average Bonchev–Trinajstić information content (AvgIpc) is 2.54. The molecule has 1 aromatic heterocycles. The van der Waals surface area contributed by atoms with Crippen molar-refractivity contribution in [1.82, 2.24) is 4.98 Å². The van der Waals surface area contributed by atoms with E-state index in [1.165, 1.54) is 21.6 Å². The van der Waals surface area contributed by atoms with Gasteiger partial charge in [-0.25, -0.2) is 0 Å². The molecule has 0 fully saturated rings. The van der Waals surface area contributed by atoms with Gasteiger partial charge in [0.05, 0.1) is 5.51 Å². The molecule has 0 amide bonds. The third-order valence-corrected chi connectivity index (χ3v) is 2.92. The molecule has 0 saturated heterocycles. The van der Waals surface area contributed by atoms with Crippen molar-refractivity contribution in [2.24, 2.45) is 0 Å². The molecule has 72 valence electrons. The summed E-state index contributed by atoms with van der Waals surface area (Å²) in [5.74, 6) is 0. The van der Waals surface area contributed by atoms with Crippen molar-refractivity contribution in [3.63, 3.8) is 0 Å². The van der Waals surface area contributed by atoms with Crippen LogP contribution in [0.4, 0.5) is 0 Å². The number of hydrogen-bond acceptors (Lipinski definition) is 2. The van der Waals surface area contributed by atoms with E-state index in [1.54, 1.807) is 11.3 Å². The van der Waals surface area contributed by atoms with E-state index in [1.807, 2.05) is 11.7 Å². The van der Waals surface area contributed by atoms with E-state index in [4.69, 9.17) is 0 Å². The molecule has 2 aromatic rings. The van der Waals surface area contributed by atoms with E-state index < -0.39 is 0 Å². The highest BCUT2D eigenvalue weighted by molar-refractivity contribution is 7.09. The predicted octanol–water partition coefficient (Wildman–Crippen LogP) is 3.35. The molecule has 0 aliphatic carbocycles. The standard InChI is InChI=1S/C12H13NS/c1-9-3-10(2)5-11(4-9)6-12-7-13-8-14-12/h3-5,7-8H,6H2,1-2H3. The van der Waals surface area contributed by atoms with Crippen molar-refractivity contribution in [2.75, 3.05) is 0 Å². The number of aryl methyl sites for hydroxylation is 2. The molecule has 0 spiro atoms. The highest BCUT2D eigenvalue weighted by Crippen LogP contribution is 2.15. The molecule has 0 saturated carbocycles. The molecule has 1 nitrogen and oxygen atoms in total. The van der Waals surface area contributed by atoms with Crippen molar-refractivity contribution in [3.8, 4) is 0 Å². The minimum atomic E-state index is 1.01. The molecule has 0 aliphatic rings. The Kier molecular flexibility index (Phi) is 2.64. The van der Waals surface area contributed by atoms with Gasteiger partial charge < -0.3 is 0 Å². The fourth-order valence-electron chi connectivity index (χ4n) is 1.70. The van der Waals surface area contributed by atoms with Gasteiger partial charge in [-0.2, -0.15) is 0 Å². The van der Waals surface area contributed by atoms with Gasteiger partial charge in [0, 0.05) is 17.5 Å². The van der Waals surface area contributed by atoms with Crippen molar-refractivity contribution in [2.45, 2.75) is 20.3 Å².